The molecule has 122 valence electrons. The summed E-state index contributed by atoms with van der Waals surface area (Å²) < 4.78 is 2.06. The van der Waals surface area contributed by atoms with Gasteiger partial charge in [-0.05, 0) is 18.3 Å². The van der Waals surface area contributed by atoms with Crippen LogP contribution >= 0.6 is 35.3 Å². The van der Waals surface area contributed by atoms with Gasteiger partial charge in [0, 0.05) is 37.9 Å². The Bertz CT molecular complexity index is 621. The molecule has 0 spiro atoms. The molecule has 2 aromatic heterocycles. The van der Waals surface area contributed by atoms with Gasteiger partial charge in [-0.2, -0.15) is 0 Å². The third-order valence-corrected chi connectivity index (χ3v) is 5.26. The maximum atomic E-state index is 4.60. The Balaban J connectivity index is 0.00000176. The van der Waals surface area contributed by atoms with Crippen LogP contribution in [0.3, 0.4) is 0 Å². The summed E-state index contributed by atoms with van der Waals surface area (Å²) in [6.45, 7) is 7.53. The van der Waals surface area contributed by atoms with E-state index in [1.165, 1.54) is 12.8 Å². The quantitative estimate of drug-likeness (QED) is 0.460. The summed E-state index contributed by atoms with van der Waals surface area (Å²) in [5, 5.41) is 5.49. The number of imidazole rings is 1. The Kier molecular flexibility index (Phi) is 5.70. The van der Waals surface area contributed by atoms with E-state index in [2.05, 4.69) is 44.6 Å². The van der Waals surface area contributed by atoms with Crippen molar-refractivity contribution < 1.29 is 0 Å². The number of aliphatic imine (C=N–C) groups is 1. The zero-order valence-electron chi connectivity index (χ0n) is 13.4. The normalized spacial score (nSPS) is 22.1. The molecule has 2 aromatic rings. The van der Waals surface area contributed by atoms with Crippen molar-refractivity contribution in [3.8, 4) is 0 Å². The van der Waals surface area contributed by atoms with Crippen molar-refractivity contribution in [1.82, 2.24) is 19.6 Å². The van der Waals surface area contributed by atoms with E-state index in [0.29, 0.717) is 5.41 Å². The zero-order chi connectivity index (χ0) is 14.9. The largest absolute Gasteiger partial charge is 0.351 e. The second kappa shape index (κ2) is 7.16. The minimum Gasteiger partial charge on any atom is -0.351 e. The van der Waals surface area contributed by atoms with Crippen LogP contribution in [-0.4, -0.2) is 40.4 Å². The molecule has 1 unspecified atom stereocenters. The molecule has 1 aliphatic rings. The summed E-state index contributed by atoms with van der Waals surface area (Å²) in [6, 6.07) is 0. The van der Waals surface area contributed by atoms with Gasteiger partial charge in [-0.1, -0.05) is 13.8 Å². The second-order valence-corrected chi connectivity index (χ2v) is 6.93. The van der Waals surface area contributed by atoms with Gasteiger partial charge >= 0.3 is 0 Å². The van der Waals surface area contributed by atoms with Crippen molar-refractivity contribution >= 4 is 46.2 Å². The topological polar surface area (TPSA) is 44.9 Å². The number of hydrogen-bond acceptors (Lipinski definition) is 3. The third-order valence-electron chi connectivity index (χ3n) is 4.49. The number of guanidine groups is 1. The van der Waals surface area contributed by atoms with Crippen molar-refractivity contribution in [2.45, 2.75) is 33.2 Å². The van der Waals surface area contributed by atoms with Crippen molar-refractivity contribution in [2.24, 2.45) is 10.4 Å². The minimum atomic E-state index is 0. The molecule has 0 aliphatic carbocycles. The summed E-state index contributed by atoms with van der Waals surface area (Å²) in [6.07, 6.45) is 6.58. The first-order valence-corrected chi connectivity index (χ1v) is 8.38. The molecule has 0 bridgehead atoms. The van der Waals surface area contributed by atoms with E-state index in [1.54, 1.807) is 11.3 Å². The molecule has 0 radical (unpaired) electrons. The Labute approximate surface area is 152 Å². The molecule has 0 amide bonds. The van der Waals surface area contributed by atoms with Gasteiger partial charge in [-0.3, -0.25) is 9.39 Å². The zero-order valence-corrected chi connectivity index (χ0v) is 16.5. The highest BCUT2D eigenvalue weighted by atomic mass is 127. The summed E-state index contributed by atoms with van der Waals surface area (Å²) in [5.74, 6) is 0.989. The van der Waals surface area contributed by atoms with Gasteiger partial charge in [0.1, 0.15) is 0 Å². The van der Waals surface area contributed by atoms with Crippen LogP contribution in [0.5, 0.6) is 0 Å². The molecular formula is C15H24IN5S. The van der Waals surface area contributed by atoms with Gasteiger partial charge in [0.05, 0.1) is 12.2 Å². The van der Waals surface area contributed by atoms with Gasteiger partial charge in [0.2, 0.25) is 0 Å². The molecule has 1 saturated heterocycles. The highest BCUT2D eigenvalue weighted by Gasteiger charge is 2.33. The highest BCUT2D eigenvalue weighted by molar-refractivity contribution is 14.0. The first kappa shape index (κ1) is 17.5. The number of likely N-dealkylation sites (tertiary alicyclic amines) is 1. The van der Waals surface area contributed by atoms with E-state index >= 15 is 0 Å². The molecule has 0 aromatic carbocycles. The van der Waals surface area contributed by atoms with E-state index in [9.17, 15) is 0 Å². The van der Waals surface area contributed by atoms with Crippen molar-refractivity contribution in [3.63, 3.8) is 0 Å². The van der Waals surface area contributed by atoms with Crippen LogP contribution in [0.4, 0.5) is 0 Å². The lowest BCUT2D eigenvalue weighted by atomic mass is 9.87. The maximum absolute atomic E-state index is 4.60. The Morgan fingerprint density at radius 3 is 3.00 bits per heavy atom. The van der Waals surface area contributed by atoms with E-state index in [1.807, 2.05) is 18.6 Å². The fourth-order valence-electron chi connectivity index (χ4n) is 2.86. The number of fused-ring (bicyclic) bond motifs is 1. The summed E-state index contributed by atoms with van der Waals surface area (Å²) in [5.41, 5.74) is 1.48. The molecule has 3 rings (SSSR count). The summed E-state index contributed by atoms with van der Waals surface area (Å²) in [4.78, 5) is 12.4. The molecule has 1 N–H and O–H groups in total. The summed E-state index contributed by atoms with van der Waals surface area (Å²) in [7, 11) is 1.86. The van der Waals surface area contributed by atoms with Gasteiger partial charge in [0.25, 0.3) is 0 Å². The standard InChI is InChI=1S/C15H23N5S.HI/c1-4-15(2)5-6-20(11-15)13(16-3)17-9-12-10-19-7-8-21-14(19)18-12;/h7-8,10H,4-6,9,11H2,1-3H3,(H,16,17);1H. The fraction of sp³-hybridized carbons (Fsp3) is 0.600. The molecule has 7 heteroatoms. The van der Waals surface area contributed by atoms with E-state index in [0.717, 1.165) is 36.2 Å². The molecular weight excluding hydrogens is 409 g/mol. The lowest BCUT2D eigenvalue weighted by Gasteiger charge is -2.25. The van der Waals surface area contributed by atoms with Crippen LogP contribution in [0, 0.1) is 5.41 Å². The number of halogens is 1. The van der Waals surface area contributed by atoms with Crippen LogP contribution < -0.4 is 5.32 Å². The number of rotatable bonds is 3. The number of hydrogen-bond donors (Lipinski definition) is 1. The number of nitrogens with one attached hydrogen (secondary N) is 1. The summed E-state index contributed by atoms with van der Waals surface area (Å²) >= 11 is 1.66. The number of thiazole rings is 1. The predicted octanol–water partition coefficient (Wildman–Crippen LogP) is 3.21. The van der Waals surface area contributed by atoms with Crippen molar-refractivity contribution in [1.29, 1.82) is 0 Å². The molecule has 1 fully saturated rings. The lowest BCUT2D eigenvalue weighted by molar-refractivity contribution is 0.322. The molecule has 0 saturated carbocycles. The fourth-order valence-corrected chi connectivity index (χ4v) is 3.58. The second-order valence-electron chi connectivity index (χ2n) is 6.06. The Morgan fingerprint density at radius 2 is 2.36 bits per heavy atom. The smallest absolute Gasteiger partial charge is 0.193 e. The average molecular weight is 433 g/mol. The van der Waals surface area contributed by atoms with Gasteiger partial charge in [-0.25, -0.2) is 4.98 Å². The van der Waals surface area contributed by atoms with Crippen LogP contribution in [0.25, 0.3) is 4.96 Å². The van der Waals surface area contributed by atoms with Gasteiger partial charge in [-0.15, -0.1) is 35.3 Å². The molecule has 5 nitrogen and oxygen atoms in total. The van der Waals surface area contributed by atoms with E-state index < -0.39 is 0 Å². The maximum Gasteiger partial charge on any atom is 0.193 e. The molecule has 1 aliphatic heterocycles. The van der Waals surface area contributed by atoms with Gasteiger partial charge in [0.15, 0.2) is 10.9 Å². The van der Waals surface area contributed by atoms with Crippen molar-refractivity contribution in [3.05, 3.63) is 23.5 Å². The Hall–Kier alpha value is -0.830. The SMILES string of the molecule is CCC1(C)CCN(C(=NC)NCc2cn3ccsc3n2)C1.I. The average Bonchev–Trinajstić information content (AvgIpc) is 3.15. The molecule has 1 atom stereocenters. The van der Waals surface area contributed by atoms with Crippen LogP contribution in [0.2, 0.25) is 0 Å². The predicted molar refractivity (Wildman–Crippen MR) is 103 cm³/mol. The monoisotopic (exact) mass is 433 g/mol. The van der Waals surface area contributed by atoms with Gasteiger partial charge < -0.3 is 10.2 Å². The first-order chi connectivity index (χ1) is 10.1. The molecule has 22 heavy (non-hydrogen) atoms. The van der Waals surface area contributed by atoms with E-state index in [-0.39, 0.29) is 24.0 Å². The Morgan fingerprint density at radius 1 is 1.55 bits per heavy atom. The van der Waals surface area contributed by atoms with Crippen LogP contribution in [0.1, 0.15) is 32.4 Å². The minimum absolute atomic E-state index is 0. The lowest BCUT2D eigenvalue weighted by Crippen LogP contribution is -2.40. The first-order valence-electron chi connectivity index (χ1n) is 7.50. The van der Waals surface area contributed by atoms with Crippen LogP contribution in [0.15, 0.2) is 22.8 Å². The van der Waals surface area contributed by atoms with Crippen LogP contribution in [-0.2, 0) is 6.54 Å². The number of aromatic nitrogens is 2. The third kappa shape index (κ3) is 3.56. The molecule has 3 heterocycles. The highest BCUT2D eigenvalue weighted by Crippen LogP contribution is 2.32. The number of nitrogens with zero attached hydrogens (tertiary/aromatic N) is 4. The van der Waals surface area contributed by atoms with Crippen molar-refractivity contribution in [2.75, 3.05) is 20.1 Å². The van der Waals surface area contributed by atoms with E-state index in [4.69, 9.17) is 0 Å².